The van der Waals surface area contributed by atoms with Crippen LogP contribution in [0.1, 0.15) is 23.2 Å². The second-order valence-electron chi connectivity index (χ2n) is 5.31. The van der Waals surface area contributed by atoms with Crippen molar-refractivity contribution in [2.75, 3.05) is 6.54 Å². The Labute approximate surface area is 122 Å². The van der Waals surface area contributed by atoms with Gasteiger partial charge < -0.3 is 9.88 Å². The first kappa shape index (κ1) is 13.1. The molecule has 1 saturated carbocycles. The highest BCUT2D eigenvalue weighted by atomic mass is 35.5. The summed E-state index contributed by atoms with van der Waals surface area (Å²) >= 11 is 5.83. The monoisotopic (exact) mass is 290 g/mol. The molecule has 2 aromatic rings. The molecule has 0 bridgehead atoms. The SMILES string of the molecule is O=C(NCC1(Cn2ccnc2)CC1)c1cncc(Cl)c1. The molecule has 104 valence electrons. The number of hydrogen-bond acceptors (Lipinski definition) is 3. The average Bonchev–Trinajstić information content (AvgIpc) is 3.01. The van der Waals surface area contributed by atoms with Gasteiger partial charge in [0.2, 0.25) is 0 Å². The van der Waals surface area contributed by atoms with E-state index in [-0.39, 0.29) is 11.3 Å². The molecular weight excluding hydrogens is 276 g/mol. The Morgan fingerprint density at radius 1 is 1.40 bits per heavy atom. The summed E-state index contributed by atoms with van der Waals surface area (Å²) in [4.78, 5) is 20.0. The molecule has 0 aliphatic heterocycles. The second-order valence-corrected chi connectivity index (χ2v) is 5.75. The Bertz CT molecular complexity index is 607. The Kier molecular flexibility index (Phi) is 3.44. The lowest BCUT2D eigenvalue weighted by atomic mass is 10.1. The van der Waals surface area contributed by atoms with Gasteiger partial charge in [0.15, 0.2) is 0 Å². The molecule has 2 heterocycles. The Morgan fingerprint density at radius 3 is 2.90 bits per heavy atom. The number of carbonyl (C=O) groups excluding carboxylic acids is 1. The molecule has 1 N–H and O–H groups in total. The number of pyridine rings is 1. The number of imidazole rings is 1. The Balaban J connectivity index is 1.58. The molecule has 5 nitrogen and oxygen atoms in total. The molecule has 20 heavy (non-hydrogen) atoms. The summed E-state index contributed by atoms with van der Waals surface area (Å²) in [6, 6.07) is 1.62. The minimum absolute atomic E-state index is 0.128. The quantitative estimate of drug-likeness (QED) is 0.918. The highest BCUT2D eigenvalue weighted by molar-refractivity contribution is 6.30. The van der Waals surface area contributed by atoms with E-state index in [0.717, 1.165) is 19.4 Å². The summed E-state index contributed by atoms with van der Waals surface area (Å²) in [6.07, 6.45) is 10.8. The molecule has 1 fully saturated rings. The molecule has 6 heteroatoms. The molecule has 1 amide bonds. The standard InChI is InChI=1S/C14H15ClN4O/c15-12-5-11(6-17-7-12)13(20)18-8-14(1-2-14)9-19-4-3-16-10-19/h3-7,10H,1-2,8-9H2,(H,18,20). The van der Waals surface area contributed by atoms with E-state index in [1.165, 1.54) is 12.4 Å². The summed E-state index contributed by atoms with van der Waals surface area (Å²) < 4.78 is 2.06. The molecule has 3 rings (SSSR count). The number of amides is 1. The van der Waals surface area contributed by atoms with Crippen LogP contribution < -0.4 is 5.32 Å². The number of aromatic nitrogens is 3. The van der Waals surface area contributed by atoms with Gasteiger partial charge in [-0.2, -0.15) is 0 Å². The zero-order chi connectivity index (χ0) is 14.0. The minimum atomic E-state index is -0.128. The number of nitrogens with one attached hydrogen (secondary N) is 1. The van der Waals surface area contributed by atoms with E-state index in [4.69, 9.17) is 11.6 Å². The van der Waals surface area contributed by atoms with Gasteiger partial charge in [-0.1, -0.05) is 11.6 Å². The number of hydrogen-bond donors (Lipinski definition) is 1. The minimum Gasteiger partial charge on any atom is -0.351 e. The highest BCUT2D eigenvalue weighted by Gasteiger charge is 2.43. The number of rotatable bonds is 5. The molecule has 1 aliphatic rings. The largest absolute Gasteiger partial charge is 0.351 e. The predicted molar refractivity (Wildman–Crippen MR) is 75.5 cm³/mol. The lowest BCUT2D eigenvalue weighted by Crippen LogP contribution is -2.32. The van der Waals surface area contributed by atoms with Crippen molar-refractivity contribution in [1.82, 2.24) is 19.9 Å². The molecular formula is C14H15ClN4O. The van der Waals surface area contributed by atoms with Crippen molar-refractivity contribution in [2.24, 2.45) is 5.41 Å². The molecule has 0 unspecified atom stereocenters. The fourth-order valence-corrected chi connectivity index (χ4v) is 2.41. The van der Waals surface area contributed by atoms with Crippen LogP contribution in [0.3, 0.4) is 0 Å². The van der Waals surface area contributed by atoms with Crippen LogP contribution in [0.2, 0.25) is 5.02 Å². The van der Waals surface area contributed by atoms with Gasteiger partial charge in [-0.05, 0) is 18.9 Å². The topological polar surface area (TPSA) is 59.8 Å². The Hall–Kier alpha value is -1.88. The first-order chi connectivity index (χ1) is 9.67. The number of nitrogens with zero attached hydrogens (tertiary/aromatic N) is 3. The van der Waals surface area contributed by atoms with Crippen LogP contribution in [0, 0.1) is 5.41 Å². The normalized spacial score (nSPS) is 15.8. The van der Waals surface area contributed by atoms with Crippen LogP contribution >= 0.6 is 11.6 Å². The van der Waals surface area contributed by atoms with Gasteiger partial charge in [0.25, 0.3) is 5.91 Å². The van der Waals surface area contributed by atoms with Gasteiger partial charge in [0, 0.05) is 43.3 Å². The van der Waals surface area contributed by atoms with Crippen molar-refractivity contribution in [3.05, 3.63) is 47.8 Å². The highest BCUT2D eigenvalue weighted by Crippen LogP contribution is 2.46. The van der Waals surface area contributed by atoms with Crippen LogP contribution in [0.5, 0.6) is 0 Å². The van der Waals surface area contributed by atoms with Gasteiger partial charge >= 0.3 is 0 Å². The lowest BCUT2D eigenvalue weighted by Gasteiger charge is -2.16. The van der Waals surface area contributed by atoms with E-state index in [1.807, 2.05) is 12.5 Å². The average molecular weight is 291 g/mol. The maximum absolute atomic E-state index is 12.0. The predicted octanol–water partition coefficient (Wildman–Crippen LogP) is 2.14. The fraction of sp³-hybridized carbons (Fsp3) is 0.357. The zero-order valence-corrected chi connectivity index (χ0v) is 11.7. The van der Waals surface area contributed by atoms with Crippen molar-refractivity contribution < 1.29 is 4.79 Å². The van der Waals surface area contributed by atoms with Gasteiger partial charge in [0.05, 0.1) is 16.9 Å². The molecule has 0 radical (unpaired) electrons. The number of carbonyl (C=O) groups is 1. The molecule has 2 aromatic heterocycles. The van der Waals surface area contributed by atoms with Gasteiger partial charge in [-0.25, -0.2) is 4.98 Å². The van der Waals surface area contributed by atoms with E-state index in [0.29, 0.717) is 17.1 Å². The molecule has 0 spiro atoms. The smallest absolute Gasteiger partial charge is 0.252 e. The molecule has 0 atom stereocenters. The zero-order valence-electron chi connectivity index (χ0n) is 10.9. The summed E-state index contributed by atoms with van der Waals surface area (Å²) in [5, 5.41) is 3.44. The third-order valence-corrected chi connectivity index (χ3v) is 3.83. The Morgan fingerprint density at radius 2 is 2.25 bits per heavy atom. The van der Waals surface area contributed by atoms with Crippen molar-refractivity contribution in [3.63, 3.8) is 0 Å². The van der Waals surface area contributed by atoms with E-state index < -0.39 is 0 Å². The third-order valence-electron chi connectivity index (χ3n) is 3.63. The van der Waals surface area contributed by atoms with E-state index in [1.54, 1.807) is 12.3 Å². The molecule has 0 aromatic carbocycles. The van der Waals surface area contributed by atoms with Crippen LogP contribution in [0.25, 0.3) is 0 Å². The maximum atomic E-state index is 12.0. The van der Waals surface area contributed by atoms with E-state index >= 15 is 0 Å². The van der Waals surface area contributed by atoms with Crippen molar-refractivity contribution >= 4 is 17.5 Å². The first-order valence-corrected chi connectivity index (χ1v) is 6.89. The van der Waals surface area contributed by atoms with Crippen LogP contribution in [-0.4, -0.2) is 27.0 Å². The van der Waals surface area contributed by atoms with Crippen LogP contribution in [0.4, 0.5) is 0 Å². The van der Waals surface area contributed by atoms with Gasteiger partial charge in [-0.3, -0.25) is 9.78 Å². The van der Waals surface area contributed by atoms with E-state index in [9.17, 15) is 4.79 Å². The van der Waals surface area contributed by atoms with Crippen LogP contribution in [-0.2, 0) is 6.54 Å². The molecule has 0 saturated heterocycles. The first-order valence-electron chi connectivity index (χ1n) is 6.51. The van der Waals surface area contributed by atoms with Crippen molar-refractivity contribution in [1.29, 1.82) is 0 Å². The summed E-state index contributed by atoms with van der Waals surface area (Å²) in [6.45, 7) is 1.55. The van der Waals surface area contributed by atoms with Gasteiger partial charge in [-0.15, -0.1) is 0 Å². The van der Waals surface area contributed by atoms with Gasteiger partial charge in [0.1, 0.15) is 0 Å². The summed E-state index contributed by atoms with van der Waals surface area (Å²) in [5.74, 6) is -0.128. The molecule has 1 aliphatic carbocycles. The number of halogens is 1. The lowest BCUT2D eigenvalue weighted by molar-refractivity contribution is 0.0942. The van der Waals surface area contributed by atoms with Crippen molar-refractivity contribution in [2.45, 2.75) is 19.4 Å². The van der Waals surface area contributed by atoms with Crippen molar-refractivity contribution in [3.8, 4) is 0 Å². The summed E-state index contributed by atoms with van der Waals surface area (Å²) in [5.41, 5.74) is 0.665. The maximum Gasteiger partial charge on any atom is 0.252 e. The third kappa shape index (κ3) is 2.99. The van der Waals surface area contributed by atoms with Crippen LogP contribution in [0.15, 0.2) is 37.2 Å². The summed E-state index contributed by atoms with van der Waals surface area (Å²) in [7, 11) is 0. The second kappa shape index (κ2) is 5.25. The fourth-order valence-electron chi connectivity index (χ4n) is 2.24. The van der Waals surface area contributed by atoms with E-state index in [2.05, 4.69) is 19.9 Å².